The molecule has 1 aliphatic rings. The van der Waals surface area contributed by atoms with E-state index in [4.69, 9.17) is 9.37 Å². The molecule has 7 nitrogen and oxygen atoms in total. The van der Waals surface area contributed by atoms with Crippen LogP contribution in [0.1, 0.15) is 30.5 Å². The van der Waals surface area contributed by atoms with E-state index < -0.39 is 4.75 Å². The molecule has 0 bridgehead atoms. The molecule has 1 aliphatic carbocycles. The van der Waals surface area contributed by atoms with Crippen molar-refractivity contribution in [3.8, 4) is 0 Å². The summed E-state index contributed by atoms with van der Waals surface area (Å²) in [5, 5.41) is 20.7. The molecule has 1 saturated carbocycles. The van der Waals surface area contributed by atoms with Crippen LogP contribution in [0.4, 0.5) is 4.39 Å². The summed E-state index contributed by atoms with van der Waals surface area (Å²) in [5.74, 6) is -0.715. The van der Waals surface area contributed by atoms with Gasteiger partial charge in [-0.3, -0.25) is 4.79 Å². The predicted molar refractivity (Wildman–Crippen MR) is 94.9 cm³/mol. The quantitative estimate of drug-likeness (QED) is 0.315. The lowest BCUT2D eigenvalue weighted by atomic mass is 9.84. The number of oxime groups is 1. The maximum Gasteiger partial charge on any atom is 0.322 e. The summed E-state index contributed by atoms with van der Waals surface area (Å²) in [6.07, 6.45) is 2.41. The van der Waals surface area contributed by atoms with Gasteiger partial charge >= 0.3 is 5.97 Å². The highest BCUT2D eigenvalue weighted by molar-refractivity contribution is 9.10. The normalized spacial score (nSPS) is 16.2. The number of rotatable bonds is 6. The second kappa shape index (κ2) is 7.75. The van der Waals surface area contributed by atoms with Crippen LogP contribution in [-0.4, -0.2) is 39.1 Å². The number of carbonyl (C=O) groups excluding carboxylic acids is 1. The van der Waals surface area contributed by atoms with Crippen LogP contribution in [0.2, 0.25) is 0 Å². The lowest BCUT2D eigenvalue weighted by Gasteiger charge is -2.37. The van der Waals surface area contributed by atoms with Gasteiger partial charge in [0.1, 0.15) is 16.3 Å². The van der Waals surface area contributed by atoms with Crippen molar-refractivity contribution in [2.75, 3.05) is 7.11 Å². The van der Waals surface area contributed by atoms with Crippen LogP contribution in [-0.2, 0) is 16.0 Å². The van der Waals surface area contributed by atoms with E-state index in [-0.39, 0.29) is 29.6 Å². The lowest BCUT2D eigenvalue weighted by molar-refractivity contribution is -0.145. The van der Waals surface area contributed by atoms with E-state index in [1.807, 2.05) is 0 Å². The number of methoxy groups -OCH3 is 1. The van der Waals surface area contributed by atoms with Crippen molar-refractivity contribution in [1.29, 1.82) is 0 Å². The molecule has 2 aromatic rings. The molecule has 1 aromatic carbocycles. The Kier molecular flexibility index (Phi) is 5.61. The summed E-state index contributed by atoms with van der Waals surface area (Å²) in [6.45, 7) is 0. The van der Waals surface area contributed by atoms with Crippen LogP contribution < -0.4 is 0 Å². The maximum absolute atomic E-state index is 13.4. The molecular formula is C16H15BrFN3O4S. The fourth-order valence-electron chi connectivity index (χ4n) is 2.65. The topological polar surface area (TPSA) is 97.8 Å². The number of hydrogen-bond donors (Lipinski definition) is 1. The van der Waals surface area contributed by atoms with Gasteiger partial charge in [-0.2, -0.15) is 0 Å². The van der Waals surface area contributed by atoms with Gasteiger partial charge < -0.3 is 9.94 Å². The van der Waals surface area contributed by atoms with Crippen LogP contribution in [0.25, 0.3) is 0 Å². The number of carbonyl (C=O) groups is 1. The second-order valence-electron chi connectivity index (χ2n) is 5.83. The van der Waals surface area contributed by atoms with Crippen molar-refractivity contribution < 1.29 is 23.8 Å². The fraction of sp³-hybridized carbons (Fsp3) is 0.375. The number of aromatic nitrogens is 2. The second-order valence-corrected chi connectivity index (χ2v) is 8.06. The van der Waals surface area contributed by atoms with Gasteiger partial charge in [0, 0.05) is 6.42 Å². The van der Waals surface area contributed by atoms with Crippen molar-refractivity contribution in [3.05, 3.63) is 39.7 Å². The van der Waals surface area contributed by atoms with E-state index in [0.29, 0.717) is 27.9 Å². The van der Waals surface area contributed by atoms with E-state index in [2.05, 4.69) is 31.4 Å². The average molecular weight is 444 g/mol. The summed E-state index contributed by atoms with van der Waals surface area (Å²) in [6, 6.07) is 4.47. The average Bonchev–Trinajstić information content (AvgIpc) is 3.06. The number of thioether (sulfide) groups is 1. The zero-order valence-corrected chi connectivity index (χ0v) is 16.1. The molecule has 0 unspecified atom stereocenters. The van der Waals surface area contributed by atoms with E-state index in [9.17, 15) is 14.4 Å². The highest BCUT2D eigenvalue weighted by Gasteiger charge is 2.48. The molecule has 1 aromatic heterocycles. The van der Waals surface area contributed by atoms with Gasteiger partial charge in [0.25, 0.3) is 0 Å². The SMILES string of the molecule is COC(=O)C1(Sc2nonc2/C(Cc2ccc(F)c(Br)c2)=N/O)CCC1. The third kappa shape index (κ3) is 3.61. The molecule has 0 saturated heterocycles. The van der Waals surface area contributed by atoms with Gasteiger partial charge in [0.05, 0.1) is 11.6 Å². The van der Waals surface area contributed by atoms with Gasteiger partial charge in [-0.1, -0.05) is 23.0 Å². The van der Waals surface area contributed by atoms with Crippen molar-refractivity contribution >= 4 is 39.4 Å². The van der Waals surface area contributed by atoms with Crippen LogP contribution in [0.15, 0.2) is 37.5 Å². The molecular weight excluding hydrogens is 429 g/mol. The monoisotopic (exact) mass is 443 g/mol. The van der Waals surface area contributed by atoms with Gasteiger partial charge in [0.15, 0.2) is 10.7 Å². The Hall–Kier alpha value is -1.94. The molecule has 3 rings (SSSR count). The summed E-state index contributed by atoms with van der Waals surface area (Å²) in [5.41, 5.74) is 1.15. The predicted octanol–water partition coefficient (Wildman–Crippen LogP) is 3.58. The Morgan fingerprint density at radius 2 is 2.27 bits per heavy atom. The first-order chi connectivity index (χ1) is 12.5. The summed E-state index contributed by atoms with van der Waals surface area (Å²) >= 11 is 4.32. The Morgan fingerprint density at radius 3 is 2.85 bits per heavy atom. The Morgan fingerprint density at radius 1 is 1.50 bits per heavy atom. The largest absolute Gasteiger partial charge is 0.468 e. The number of ether oxygens (including phenoxy) is 1. The van der Waals surface area contributed by atoms with Gasteiger partial charge in [-0.25, -0.2) is 9.02 Å². The molecule has 0 radical (unpaired) electrons. The minimum absolute atomic E-state index is 0.183. The molecule has 138 valence electrons. The Bertz CT molecular complexity index is 854. The van der Waals surface area contributed by atoms with Crippen molar-refractivity contribution in [2.24, 2.45) is 5.16 Å². The number of benzene rings is 1. The molecule has 1 N–H and O–H groups in total. The molecule has 1 heterocycles. The van der Waals surface area contributed by atoms with Gasteiger partial charge in [-0.05, 0) is 63.2 Å². The van der Waals surface area contributed by atoms with Crippen molar-refractivity contribution in [1.82, 2.24) is 10.3 Å². The molecule has 26 heavy (non-hydrogen) atoms. The van der Waals surface area contributed by atoms with Crippen molar-refractivity contribution in [2.45, 2.75) is 35.5 Å². The Balaban J connectivity index is 1.84. The molecule has 10 heteroatoms. The highest BCUT2D eigenvalue weighted by atomic mass is 79.9. The highest BCUT2D eigenvalue weighted by Crippen LogP contribution is 2.48. The molecule has 0 aliphatic heterocycles. The van der Waals surface area contributed by atoms with E-state index in [1.165, 1.54) is 24.9 Å². The van der Waals surface area contributed by atoms with E-state index >= 15 is 0 Å². The van der Waals surface area contributed by atoms with Crippen LogP contribution >= 0.6 is 27.7 Å². The first-order valence-corrected chi connectivity index (χ1v) is 9.35. The zero-order valence-electron chi connectivity index (χ0n) is 13.7. The van der Waals surface area contributed by atoms with E-state index in [1.54, 1.807) is 12.1 Å². The Labute approximate surface area is 161 Å². The third-order valence-electron chi connectivity index (χ3n) is 4.22. The van der Waals surface area contributed by atoms with Crippen LogP contribution in [0, 0.1) is 5.82 Å². The van der Waals surface area contributed by atoms with Crippen LogP contribution in [0.3, 0.4) is 0 Å². The molecule has 0 atom stereocenters. The van der Waals surface area contributed by atoms with Gasteiger partial charge in [0.2, 0.25) is 0 Å². The minimum atomic E-state index is -0.721. The first-order valence-electron chi connectivity index (χ1n) is 7.74. The number of hydrogen-bond acceptors (Lipinski definition) is 8. The zero-order chi connectivity index (χ0) is 18.7. The summed E-state index contributed by atoms with van der Waals surface area (Å²) < 4.78 is 22.7. The lowest BCUT2D eigenvalue weighted by Crippen LogP contribution is -2.43. The molecule has 1 fully saturated rings. The minimum Gasteiger partial charge on any atom is -0.468 e. The van der Waals surface area contributed by atoms with Gasteiger partial charge in [-0.15, -0.1) is 0 Å². The standard InChI is InChI=1S/C16H15BrFN3O4S/c1-24-15(22)16(5-2-6-16)26-14-13(20-25-21-14)12(19-23)8-9-3-4-11(18)10(17)7-9/h3-4,7,23H,2,5-6,8H2,1H3/b19-12+. The summed E-state index contributed by atoms with van der Waals surface area (Å²) in [7, 11) is 1.35. The van der Waals surface area contributed by atoms with Crippen LogP contribution in [0.5, 0.6) is 0 Å². The number of esters is 1. The van der Waals surface area contributed by atoms with Crippen molar-refractivity contribution in [3.63, 3.8) is 0 Å². The molecule has 0 spiro atoms. The third-order valence-corrected chi connectivity index (χ3v) is 6.25. The maximum atomic E-state index is 13.4. The smallest absolute Gasteiger partial charge is 0.322 e. The number of halogens is 2. The number of nitrogens with zero attached hydrogens (tertiary/aromatic N) is 3. The fourth-order valence-corrected chi connectivity index (χ4v) is 4.43. The first kappa shape index (κ1) is 18.8. The van der Waals surface area contributed by atoms with E-state index in [0.717, 1.165) is 6.42 Å². The summed E-state index contributed by atoms with van der Waals surface area (Å²) in [4.78, 5) is 12.1. The molecule has 0 amide bonds.